The first-order valence-electron chi connectivity index (χ1n) is 11.1. The number of rotatable bonds is 7. The van der Waals surface area contributed by atoms with Gasteiger partial charge in [0, 0.05) is 25.7 Å². The van der Waals surface area contributed by atoms with Crippen LogP contribution in [-0.2, 0) is 6.54 Å². The third-order valence-electron chi connectivity index (χ3n) is 5.72. The van der Waals surface area contributed by atoms with E-state index >= 15 is 0 Å². The molecule has 12 nitrogen and oxygen atoms in total. The first-order valence-corrected chi connectivity index (χ1v) is 11.5. The molecule has 1 aliphatic heterocycles. The summed E-state index contributed by atoms with van der Waals surface area (Å²) in [5, 5.41) is 33.1. The molecule has 0 unspecified atom stereocenters. The monoisotopic (exact) mass is 491 g/mol. The first kappa shape index (κ1) is 22.7. The summed E-state index contributed by atoms with van der Waals surface area (Å²) in [7, 11) is 0. The highest BCUT2D eigenvalue weighted by atomic mass is 35.5. The minimum absolute atomic E-state index is 0.0179. The van der Waals surface area contributed by atoms with Crippen molar-refractivity contribution >= 4 is 46.0 Å². The van der Waals surface area contributed by atoms with Crippen LogP contribution in [0, 0.1) is 11.3 Å². The zero-order valence-corrected chi connectivity index (χ0v) is 19.4. The number of piperidine rings is 1. The summed E-state index contributed by atoms with van der Waals surface area (Å²) in [6, 6.07) is 7.52. The van der Waals surface area contributed by atoms with Crippen molar-refractivity contribution in [3.05, 3.63) is 47.6 Å². The van der Waals surface area contributed by atoms with Crippen LogP contribution in [0.3, 0.4) is 0 Å². The van der Waals surface area contributed by atoms with Crippen LogP contribution in [0.2, 0.25) is 5.02 Å². The lowest BCUT2D eigenvalue weighted by Crippen LogP contribution is -2.39. The molecule has 0 aliphatic carbocycles. The van der Waals surface area contributed by atoms with Crippen LogP contribution < -0.4 is 15.5 Å². The lowest BCUT2D eigenvalue weighted by atomic mass is 10.1. The van der Waals surface area contributed by atoms with Crippen LogP contribution in [0.4, 0.5) is 23.3 Å². The molecule has 0 saturated carbocycles. The minimum Gasteiger partial charge on any atom is -0.395 e. The van der Waals surface area contributed by atoms with E-state index < -0.39 is 0 Å². The van der Waals surface area contributed by atoms with Crippen molar-refractivity contribution in [2.24, 2.45) is 0 Å². The summed E-state index contributed by atoms with van der Waals surface area (Å²) in [5.74, 6) is 1.71. The molecule has 13 heteroatoms. The van der Waals surface area contributed by atoms with Gasteiger partial charge in [-0.1, -0.05) is 11.6 Å². The molecule has 1 fully saturated rings. The van der Waals surface area contributed by atoms with Crippen molar-refractivity contribution < 1.29 is 5.11 Å². The zero-order valence-electron chi connectivity index (χ0n) is 18.6. The standard InChI is InChI=1S/C22H22ClN11O/c23-17-12-26-22(29-16-9-18-21(25-11-16)34(7-8-35)13-27-18)30-20(17)28-14-3-5-33(6-4-14)19-2-1-15(10-24)31-32-19/h1-2,9,11-14,35H,3-8H2,(H2,26,28,29,30). The molecule has 0 atom stereocenters. The fourth-order valence-electron chi connectivity index (χ4n) is 3.95. The number of anilines is 4. The molecular formula is C22H22ClN11O. The maximum absolute atomic E-state index is 9.16. The Bertz CT molecular complexity index is 1360. The number of hydrogen-bond donors (Lipinski definition) is 3. The topological polar surface area (TPSA) is 154 Å². The van der Waals surface area contributed by atoms with E-state index in [0.29, 0.717) is 45.9 Å². The Morgan fingerprint density at radius 1 is 1.14 bits per heavy atom. The summed E-state index contributed by atoms with van der Waals surface area (Å²) < 4.78 is 1.79. The van der Waals surface area contributed by atoms with Gasteiger partial charge < -0.3 is 25.2 Å². The van der Waals surface area contributed by atoms with Crippen molar-refractivity contribution in [3.63, 3.8) is 0 Å². The van der Waals surface area contributed by atoms with Gasteiger partial charge in [-0.2, -0.15) is 10.2 Å². The fraction of sp³-hybridized carbons (Fsp3) is 0.318. The summed E-state index contributed by atoms with van der Waals surface area (Å²) >= 11 is 6.37. The lowest BCUT2D eigenvalue weighted by molar-refractivity contribution is 0.277. The largest absolute Gasteiger partial charge is 0.395 e. The molecule has 1 aliphatic rings. The highest BCUT2D eigenvalue weighted by Gasteiger charge is 2.22. The van der Waals surface area contributed by atoms with E-state index in [1.807, 2.05) is 18.2 Å². The number of nitrogens with one attached hydrogen (secondary N) is 2. The average Bonchev–Trinajstić information content (AvgIpc) is 3.29. The van der Waals surface area contributed by atoms with E-state index in [-0.39, 0.29) is 12.6 Å². The van der Waals surface area contributed by atoms with Crippen molar-refractivity contribution in [2.45, 2.75) is 25.4 Å². The quantitative estimate of drug-likeness (QED) is 0.349. The van der Waals surface area contributed by atoms with Crippen molar-refractivity contribution in [3.8, 4) is 6.07 Å². The molecule has 0 aromatic carbocycles. The van der Waals surface area contributed by atoms with Crippen LogP contribution in [0.25, 0.3) is 11.2 Å². The van der Waals surface area contributed by atoms with Crippen molar-refractivity contribution in [1.29, 1.82) is 5.26 Å². The number of nitrogens with zero attached hydrogens (tertiary/aromatic N) is 9. The zero-order chi connectivity index (χ0) is 24.2. The molecule has 0 bridgehead atoms. The predicted molar refractivity (Wildman–Crippen MR) is 131 cm³/mol. The van der Waals surface area contributed by atoms with E-state index in [4.69, 9.17) is 22.0 Å². The van der Waals surface area contributed by atoms with Gasteiger partial charge in [-0.3, -0.25) is 0 Å². The van der Waals surface area contributed by atoms with Crippen LogP contribution in [0.5, 0.6) is 0 Å². The maximum atomic E-state index is 9.16. The number of fused-ring (bicyclic) bond motifs is 1. The van der Waals surface area contributed by atoms with Gasteiger partial charge in [0.15, 0.2) is 23.0 Å². The van der Waals surface area contributed by atoms with E-state index in [9.17, 15) is 0 Å². The van der Waals surface area contributed by atoms with E-state index in [2.05, 4.69) is 45.7 Å². The Hall–Kier alpha value is -4.08. The minimum atomic E-state index is 0.0179. The maximum Gasteiger partial charge on any atom is 0.229 e. The molecule has 4 aromatic heterocycles. The molecule has 5 heterocycles. The Morgan fingerprint density at radius 3 is 2.74 bits per heavy atom. The smallest absolute Gasteiger partial charge is 0.229 e. The van der Waals surface area contributed by atoms with Gasteiger partial charge in [-0.25, -0.2) is 15.0 Å². The third kappa shape index (κ3) is 5.06. The number of aliphatic hydroxyl groups excluding tert-OH is 1. The molecule has 1 saturated heterocycles. The Kier molecular flexibility index (Phi) is 6.51. The van der Waals surface area contributed by atoms with Gasteiger partial charge in [0.2, 0.25) is 5.95 Å². The summed E-state index contributed by atoms with van der Waals surface area (Å²) in [6.07, 6.45) is 6.61. The van der Waals surface area contributed by atoms with Gasteiger partial charge in [0.05, 0.1) is 31.0 Å². The Morgan fingerprint density at radius 2 is 2.00 bits per heavy atom. The van der Waals surface area contributed by atoms with Crippen molar-refractivity contribution in [2.75, 3.05) is 35.2 Å². The normalized spacial score (nSPS) is 14.1. The van der Waals surface area contributed by atoms with Gasteiger partial charge in [0.25, 0.3) is 0 Å². The van der Waals surface area contributed by atoms with E-state index in [1.54, 1.807) is 29.4 Å². The van der Waals surface area contributed by atoms with Gasteiger partial charge in [-0.05, 0) is 31.0 Å². The SMILES string of the molecule is N#Cc1ccc(N2CCC(Nc3nc(Nc4cnc5c(c4)ncn5CCO)ncc3Cl)CC2)nn1. The number of aromatic nitrogens is 7. The number of aliphatic hydroxyl groups is 1. The molecule has 3 N–H and O–H groups in total. The van der Waals surface area contributed by atoms with Gasteiger partial charge >= 0.3 is 0 Å². The summed E-state index contributed by atoms with van der Waals surface area (Å²) in [4.78, 5) is 19.7. The molecule has 5 rings (SSSR count). The molecule has 0 amide bonds. The second-order valence-corrected chi connectivity index (χ2v) is 8.44. The summed E-state index contributed by atoms with van der Waals surface area (Å²) in [6.45, 7) is 2.04. The number of hydrogen-bond acceptors (Lipinski definition) is 11. The highest BCUT2D eigenvalue weighted by molar-refractivity contribution is 6.32. The highest BCUT2D eigenvalue weighted by Crippen LogP contribution is 2.26. The molecular weight excluding hydrogens is 470 g/mol. The molecule has 178 valence electrons. The Balaban J connectivity index is 1.23. The molecule has 4 aromatic rings. The molecule has 35 heavy (non-hydrogen) atoms. The third-order valence-corrected chi connectivity index (χ3v) is 6.00. The average molecular weight is 492 g/mol. The van der Waals surface area contributed by atoms with Crippen LogP contribution in [0.1, 0.15) is 18.5 Å². The van der Waals surface area contributed by atoms with Crippen LogP contribution in [0.15, 0.2) is 36.9 Å². The second kappa shape index (κ2) is 10.0. The van der Waals surface area contributed by atoms with Crippen LogP contribution >= 0.6 is 11.6 Å². The number of nitriles is 1. The number of halogens is 1. The van der Waals surface area contributed by atoms with E-state index in [1.165, 1.54) is 0 Å². The van der Waals surface area contributed by atoms with E-state index in [0.717, 1.165) is 31.7 Å². The molecule has 0 radical (unpaired) electrons. The Labute approximate surface area is 205 Å². The van der Waals surface area contributed by atoms with Gasteiger partial charge in [-0.15, -0.1) is 10.2 Å². The molecule has 0 spiro atoms. The number of imidazole rings is 1. The predicted octanol–water partition coefficient (Wildman–Crippen LogP) is 2.35. The van der Waals surface area contributed by atoms with Crippen LogP contribution in [-0.4, -0.2) is 65.5 Å². The fourth-order valence-corrected chi connectivity index (χ4v) is 4.09. The van der Waals surface area contributed by atoms with Gasteiger partial charge in [0.1, 0.15) is 16.6 Å². The first-order chi connectivity index (χ1) is 17.1. The summed E-state index contributed by atoms with van der Waals surface area (Å²) in [5.41, 5.74) is 2.40. The lowest BCUT2D eigenvalue weighted by Gasteiger charge is -2.33. The van der Waals surface area contributed by atoms with Crippen molar-refractivity contribution in [1.82, 2.24) is 34.7 Å². The second-order valence-electron chi connectivity index (χ2n) is 8.04. The number of pyridine rings is 1.